The third kappa shape index (κ3) is 9.85. The van der Waals surface area contributed by atoms with Crippen LogP contribution >= 0.6 is 0 Å². The molecular formula is C34H48N2O8S2. The molecule has 10 nitrogen and oxygen atoms in total. The molecule has 2 aromatic carbocycles. The second-order valence-corrected chi connectivity index (χ2v) is 17.6. The summed E-state index contributed by atoms with van der Waals surface area (Å²) in [6.07, 6.45) is 7.78. The standard InChI is InChI=1S/C34H48N2O8S2/c1-24-10-8-9-13-29(24)31-18-26(14-15-30(31)33(37)35-32(34(38)39)16-17-45(3,40)41)20-36-21-28(19-27(36)22-44-2)46(42,43)23-25-11-6-4-5-7-12-25/h8-10,13-15,18,25,27-28,32H,4-7,11-12,16-17,19-23H2,1-3H3,(H,35,37)(H,38,39). The third-order valence-electron chi connectivity index (χ3n) is 9.33. The predicted molar refractivity (Wildman–Crippen MR) is 179 cm³/mol. The van der Waals surface area contributed by atoms with Crippen molar-refractivity contribution in [2.24, 2.45) is 5.92 Å². The number of amides is 1. The van der Waals surface area contributed by atoms with Crippen LogP contribution < -0.4 is 5.32 Å². The number of sulfone groups is 2. The van der Waals surface area contributed by atoms with E-state index in [1.165, 1.54) is 12.8 Å². The molecule has 0 spiro atoms. The zero-order chi connectivity index (χ0) is 33.5. The van der Waals surface area contributed by atoms with Gasteiger partial charge in [-0.25, -0.2) is 21.6 Å². The van der Waals surface area contributed by atoms with Crippen molar-refractivity contribution < 1.29 is 36.3 Å². The van der Waals surface area contributed by atoms with Crippen molar-refractivity contribution >= 4 is 31.6 Å². The molecule has 254 valence electrons. The summed E-state index contributed by atoms with van der Waals surface area (Å²) in [6, 6.07) is 11.5. The molecule has 1 amide bonds. The van der Waals surface area contributed by atoms with E-state index in [1.807, 2.05) is 37.3 Å². The normalized spacial score (nSPS) is 20.7. The smallest absolute Gasteiger partial charge is 0.326 e. The van der Waals surface area contributed by atoms with Gasteiger partial charge in [-0.15, -0.1) is 0 Å². The van der Waals surface area contributed by atoms with Crippen LogP contribution in [0.2, 0.25) is 0 Å². The van der Waals surface area contributed by atoms with E-state index in [0.717, 1.165) is 48.6 Å². The number of ether oxygens (including phenoxy) is 1. The third-order valence-corrected chi connectivity index (χ3v) is 12.6. The first-order valence-corrected chi connectivity index (χ1v) is 19.9. The number of benzene rings is 2. The van der Waals surface area contributed by atoms with Crippen molar-refractivity contribution in [1.29, 1.82) is 0 Å². The van der Waals surface area contributed by atoms with Crippen molar-refractivity contribution in [3.63, 3.8) is 0 Å². The minimum Gasteiger partial charge on any atom is -0.480 e. The van der Waals surface area contributed by atoms with E-state index in [9.17, 15) is 31.5 Å². The molecule has 1 aliphatic carbocycles. The Morgan fingerprint density at radius 2 is 1.72 bits per heavy atom. The maximum absolute atomic E-state index is 13.6. The molecule has 2 fully saturated rings. The zero-order valence-corrected chi connectivity index (χ0v) is 28.7. The van der Waals surface area contributed by atoms with Gasteiger partial charge in [0.1, 0.15) is 15.9 Å². The van der Waals surface area contributed by atoms with Crippen LogP contribution in [0, 0.1) is 12.8 Å². The number of likely N-dealkylation sites (tertiary alicyclic amines) is 1. The summed E-state index contributed by atoms with van der Waals surface area (Å²) in [7, 11) is -5.10. The molecule has 0 radical (unpaired) electrons. The summed E-state index contributed by atoms with van der Waals surface area (Å²) in [4.78, 5) is 27.5. The van der Waals surface area contributed by atoms with Gasteiger partial charge >= 0.3 is 5.97 Å². The van der Waals surface area contributed by atoms with Crippen LogP contribution in [0.1, 0.15) is 72.9 Å². The number of aliphatic carboxylic acids is 1. The van der Waals surface area contributed by atoms with Crippen molar-refractivity contribution in [1.82, 2.24) is 10.2 Å². The second kappa shape index (κ2) is 15.9. The number of hydrogen-bond acceptors (Lipinski definition) is 8. The molecule has 3 atom stereocenters. The number of carboxylic acid groups (broad SMARTS) is 1. The molecule has 12 heteroatoms. The Labute approximate surface area is 273 Å². The Balaban J connectivity index is 1.58. The minimum atomic E-state index is -3.42. The molecule has 1 saturated heterocycles. The van der Waals surface area contributed by atoms with E-state index < -0.39 is 42.8 Å². The molecule has 0 bridgehead atoms. The summed E-state index contributed by atoms with van der Waals surface area (Å²) in [5.74, 6) is -1.83. The first kappa shape index (κ1) is 36.0. The summed E-state index contributed by atoms with van der Waals surface area (Å²) in [6.45, 7) is 3.20. The quantitative estimate of drug-likeness (QED) is 0.280. The number of nitrogens with zero attached hydrogens (tertiary/aromatic N) is 1. The average Bonchev–Trinajstić information content (AvgIpc) is 3.21. The number of carbonyl (C=O) groups excluding carboxylic acids is 1. The van der Waals surface area contributed by atoms with E-state index in [2.05, 4.69) is 10.2 Å². The Morgan fingerprint density at radius 3 is 2.35 bits per heavy atom. The van der Waals surface area contributed by atoms with Gasteiger partial charge in [-0.3, -0.25) is 9.69 Å². The van der Waals surface area contributed by atoms with Crippen molar-refractivity contribution in [2.75, 3.05) is 38.0 Å². The Hall–Kier alpha value is -2.80. The topological polar surface area (TPSA) is 147 Å². The Morgan fingerprint density at radius 1 is 1.02 bits per heavy atom. The zero-order valence-electron chi connectivity index (χ0n) is 27.1. The second-order valence-electron chi connectivity index (χ2n) is 13.1. The van der Waals surface area contributed by atoms with Crippen LogP contribution in [0.3, 0.4) is 0 Å². The predicted octanol–water partition coefficient (Wildman–Crippen LogP) is 4.25. The maximum Gasteiger partial charge on any atom is 0.326 e. The number of methoxy groups -OCH3 is 1. The summed E-state index contributed by atoms with van der Waals surface area (Å²) in [5.41, 5.74) is 3.48. The van der Waals surface area contributed by atoms with Gasteiger partial charge in [-0.05, 0) is 72.9 Å². The minimum absolute atomic E-state index is 0.0741. The largest absolute Gasteiger partial charge is 0.480 e. The molecule has 46 heavy (non-hydrogen) atoms. The molecular weight excluding hydrogens is 629 g/mol. The highest BCUT2D eigenvalue weighted by Gasteiger charge is 2.40. The van der Waals surface area contributed by atoms with Gasteiger partial charge in [-0.2, -0.15) is 0 Å². The number of carbonyl (C=O) groups is 2. The van der Waals surface area contributed by atoms with Gasteiger partial charge in [-0.1, -0.05) is 56.0 Å². The first-order chi connectivity index (χ1) is 21.8. The van der Waals surface area contributed by atoms with Crippen LogP contribution in [0.5, 0.6) is 0 Å². The number of carboxylic acids is 1. The lowest BCUT2D eigenvalue weighted by molar-refractivity contribution is -0.139. The molecule has 1 aliphatic heterocycles. The van der Waals surface area contributed by atoms with Crippen LogP contribution in [0.25, 0.3) is 11.1 Å². The molecule has 1 saturated carbocycles. The fraction of sp³-hybridized carbons (Fsp3) is 0.588. The highest BCUT2D eigenvalue weighted by atomic mass is 32.2. The SMILES string of the molecule is COCC1CC(S(=O)(=O)CC2CCCCCC2)CN1Cc1ccc(C(=O)NC(CCS(C)(=O)=O)C(=O)O)c(-c2ccccc2C)c1. The van der Waals surface area contributed by atoms with Gasteiger partial charge in [0.05, 0.1) is 23.4 Å². The fourth-order valence-electron chi connectivity index (χ4n) is 6.80. The van der Waals surface area contributed by atoms with E-state index in [0.29, 0.717) is 31.7 Å². The molecule has 2 N–H and O–H groups in total. The Bertz CT molecular complexity index is 1580. The highest BCUT2D eigenvalue weighted by Crippen LogP contribution is 2.33. The van der Waals surface area contributed by atoms with E-state index in [4.69, 9.17) is 4.74 Å². The lowest BCUT2D eigenvalue weighted by Crippen LogP contribution is -2.42. The highest BCUT2D eigenvalue weighted by molar-refractivity contribution is 7.92. The van der Waals surface area contributed by atoms with Gasteiger partial charge in [0.25, 0.3) is 5.91 Å². The van der Waals surface area contributed by atoms with Crippen molar-refractivity contribution in [2.45, 2.75) is 82.2 Å². The number of hydrogen-bond donors (Lipinski definition) is 2. The van der Waals surface area contributed by atoms with Crippen molar-refractivity contribution in [3.05, 3.63) is 59.2 Å². The number of rotatable bonds is 14. The summed E-state index contributed by atoms with van der Waals surface area (Å²) >= 11 is 0. The first-order valence-electron chi connectivity index (χ1n) is 16.1. The van der Waals surface area contributed by atoms with Gasteiger partial charge in [0.15, 0.2) is 9.84 Å². The van der Waals surface area contributed by atoms with Crippen molar-refractivity contribution in [3.8, 4) is 11.1 Å². The Kier molecular flexibility index (Phi) is 12.4. The molecule has 1 heterocycles. The molecule has 0 aromatic heterocycles. The molecule has 3 unspecified atom stereocenters. The lowest BCUT2D eigenvalue weighted by atomic mass is 9.93. The molecule has 2 aliphatic rings. The average molecular weight is 677 g/mol. The number of nitrogens with one attached hydrogen (secondary N) is 1. The fourth-order valence-corrected chi connectivity index (χ4v) is 9.66. The molecule has 4 rings (SSSR count). The monoisotopic (exact) mass is 676 g/mol. The van der Waals surface area contributed by atoms with Gasteiger partial charge < -0.3 is 15.2 Å². The number of aryl methyl sites for hydroxylation is 1. The van der Waals surface area contributed by atoms with Gasteiger partial charge in [0.2, 0.25) is 0 Å². The summed E-state index contributed by atoms with van der Waals surface area (Å²) in [5, 5.41) is 11.7. The maximum atomic E-state index is 13.6. The molecule has 2 aromatic rings. The van der Waals surface area contributed by atoms with E-state index >= 15 is 0 Å². The van der Waals surface area contributed by atoms with Crippen LogP contribution in [-0.2, 0) is 35.8 Å². The summed E-state index contributed by atoms with van der Waals surface area (Å²) < 4.78 is 56.0. The van der Waals surface area contributed by atoms with E-state index in [1.54, 1.807) is 19.2 Å². The lowest BCUT2D eigenvalue weighted by Gasteiger charge is -2.24. The van der Waals surface area contributed by atoms with Crippen LogP contribution in [0.15, 0.2) is 42.5 Å². The van der Waals surface area contributed by atoms with E-state index in [-0.39, 0.29) is 35.4 Å². The van der Waals surface area contributed by atoms with Crippen LogP contribution in [-0.4, -0.2) is 94.1 Å². The van der Waals surface area contributed by atoms with Crippen LogP contribution in [0.4, 0.5) is 0 Å². The van der Waals surface area contributed by atoms with Gasteiger partial charge in [0, 0.05) is 38.1 Å².